The van der Waals surface area contributed by atoms with E-state index in [0.717, 1.165) is 37.8 Å². The van der Waals surface area contributed by atoms with Crippen LogP contribution in [0, 0.1) is 5.92 Å². The second-order valence-electron chi connectivity index (χ2n) is 5.82. The lowest BCUT2D eigenvalue weighted by molar-refractivity contribution is 0.258. The monoisotopic (exact) mass is 311 g/mol. The van der Waals surface area contributed by atoms with Crippen LogP contribution in [0.5, 0.6) is 0 Å². The molecule has 1 saturated heterocycles. The molecule has 21 heavy (non-hydrogen) atoms. The SMILES string of the molecule is CCN(C)CC1CCN(c2ccc(S(N)(=O)=O)cc2)CC1. The van der Waals surface area contributed by atoms with E-state index in [1.807, 2.05) is 12.1 Å². The molecule has 0 aliphatic carbocycles. The van der Waals surface area contributed by atoms with E-state index < -0.39 is 10.0 Å². The van der Waals surface area contributed by atoms with Crippen LogP contribution >= 0.6 is 0 Å². The molecule has 6 heteroatoms. The molecule has 5 nitrogen and oxygen atoms in total. The van der Waals surface area contributed by atoms with Gasteiger partial charge in [0.15, 0.2) is 0 Å². The molecular formula is C15H25N3O2S. The lowest BCUT2D eigenvalue weighted by atomic mass is 9.96. The maximum atomic E-state index is 11.3. The van der Waals surface area contributed by atoms with Crippen LogP contribution in [0.3, 0.4) is 0 Å². The van der Waals surface area contributed by atoms with Crippen LogP contribution in [0.4, 0.5) is 5.69 Å². The summed E-state index contributed by atoms with van der Waals surface area (Å²) in [7, 11) is -1.43. The topological polar surface area (TPSA) is 66.6 Å². The average molecular weight is 311 g/mol. The van der Waals surface area contributed by atoms with Gasteiger partial charge >= 0.3 is 0 Å². The Bertz CT molecular complexity index is 549. The molecule has 0 atom stereocenters. The quantitative estimate of drug-likeness (QED) is 0.895. The fourth-order valence-corrected chi connectivity index (χ4v) is 3.31. The van der Waals surface area contributed by atoms with Crippen molar-refractivity contribution in [3.63, 3.8) is 0 Å². The van der Waals surface area contributed by atoms with Gasteiger partial charge in [0.05, 0.1) is 4.90 Å². The van der Waals surface area contributed by atoms with Crippen LogP contribution in [0.25, 0.3) is 0 Å². The number of rotatable bonds is 5. The summed E-state index contributed by atoms with van der Waals surface area (Å²) >= 11 is 0. The van der Waals surface area contributed by atoms with Crippen LogP contribution in [0.2, 0.25) is 0 Å². The Morgan fingerprint density at radius 2 is 1.81 bits per heavy atom. The highest BCUT2D eigenvalue weighted by molar-refractivity contribution is 7.89. The Kier molecular flexibility index (Phi) is 5.24. The van der Waals surface area contributed by atoms with Gasteiger partial charge in [-0.3, -0.25) is 0 Å². The minimum atomic E-state index is -3.60. The predicted molar refractivity (Wildman–Crippen MR) is 85.9 cm³/mol. The van der Waals surface area contributed by atoms with Gasteiger partial charge in [0, 0.05) is 25.3 Å². The summed E-state index contributed by atoms with van der Waals surface area (Å²) in [4.78, 5) is 4.85. The van der Waals surface area contributed by atoms with Gasteiger partial charge < -0.3 is 9.80 Å². The molecule has 1 aromatic carbocycles. The van der Waals surface area contributed by atoms with Gasteiger partial charge in [0.2, 0.25) is 10.0 Å². The van der Waals surface area contributed by atoms with Crippen molar-refractivity contribution in [1.82, 2.24) is 4.90 Å². The number of benzene rings is 1. The number of nitrogens with zero attached hydrogens (tertiary/aromatic N) is 2. The van der Waals surface area contributed by atoms with Crippen LogP contribution in [0.15, 0.2) is 29.2 Å². The summed E-state index contributed by atoms with van der Waals surface area (Å²) in [5.74, 6) is 0.759. The third kappa shape index (κ3) is 4.43. The predicted octanol–water partition coefficient (Wildman–Crippen LogP) is 1.50. The van der Waals surface area contributed by atoms with E-state index in [0.29, 0.717) is 0 Å². The Morgan fingerprint density at radius 1 is 1.24 bits per heavy atom. The van der Waals surface area contributed by atoms with Gasteiger partial charge in [-0.05, 0) is 56.6 Å². The molecule has 1 aliphatic rings. The van der Waals surface area contributed by atoms with Gasteiger partial charge in [-0.25, -0.2) is 13.6 Å². The van der Waals surface area contributed by atoms with Crippen LogP contribution < -0.4 is 10.0 Å². The molecular weight excluding hydrogens is 286 g/mol. The minimum absolute atomic E-state index is 0.172. The van der Waals surface area contributed by atoms with Crippen molar-refractivity contribution in [1.29, 1.82) is 0 Å². The maximum absolute atomic E-state index is 11.3. The van der Waals surface area contributed by atoms with Crippen molar-refractivity contribution < 1.29 is 8.42 Å². The molecule has 1 aromatic rings. The number of piperidine rings is 1. The van der Waals surface area contributed by atoms with Crippen LogP contribution in [-0.2, 0) is 10.0 Å². The molecule has 0 bridgehead atoms. The molecule has 0 saturated carbocycles. The molecule has 0 amide bonds. The van der Waals surface area contributed by atoms with E-state index in [9.17, 15) is 8.42 Å². The normalized spacial score (nSPS) is 17.4. The van der Waals surface area contributed by atoms with Crippen LogP contribution in [-0.4, -0.2) is 46.5 Å². The van der Waals surface area contributed by atoms with Gasteiger partial charge in [-0.2, -0.15) is 0 Å². The summed E-state index contributed by atoms with van der Waals surface area (Å²) < 4.78 is 22.5. The van der Waals surface area contributed by atoms with Crippen molar-refractivity contribution >= 4 is 15.7 Å². The summed E-state index contributed by atoms with van der Waals surface area (Å²) in [5, 5.41) is 5.12. The standard InChI is InChI=1S/C15H25N3O2S/c1-3-17(2)12-13-8-10-18(11-9-13)14-4-6-15(7-5-14)21(16,19)20/h4-7,13H,3,8-12H2,1-2H3,(H2,16,19,20). The number of nitrogens with two attached hydrogens (primary N) is 1. The van der Waals surface area contributed by atoms with E-state index in [1.54, 1.807) is 12.1 Å². The Morgan fingerprint density at radius 3 is 2.29 bits per heavy atom. The molecule has 0 unspecified atom stereocenters. The summed E-state index contributed by atoms with van der Waals surface area (Å²) in [5.41, 5.74) is 1.07. The van der Waals surface area contributed by atoms with Crippen LogP contribution in [0.1, 0.15) is 19.8 Å². The summed E-state index contributed by atoms with van der Waals surface area (Å²) in [6.45, 7) is 6.49. The first kappa shape index (κ1) is 16.3. The maximum Gasteiger partial charge on any atom is 0.238 e. The first-order chi connectivity index (χ1) is 9.90. The molecule has 2 N–H and O–H groups in total. The molecule has 0 radical (unpaired) electrons. The number of hydrogen-bond acceptors (Lipinski definition) is 4. The fourth-order valence-electron chi connectivity index (χ4n) is 2.79. The lowest BCUT2D eigenvalue weighted by Crippen LogP contribution is -2.37. The van der Waals surface area contributed by atoms with Crippen molar-refractivity contribution in [3.05, 3.63) is 24.3 Å². The fraction of sp³-hybridized carbons (Fsp3) is 0.600. The molecule has 0 aromatic heterocycles. The summed E-state index contributed by atoms with van der Waals surface area (Å²) in [6.07, 6.45) is 2.36. The van der Waals surface area contributed by atoms with Crippen molar-refractivity contribution in [2.45, 2.75) is 24.7 Å². The van der Waals surface area contributed by atoms with E-state index in [-0.39, 0.29) is 4.90 Å². The average Bonchev–Trinajstić information content (AvgIpc) is 2.47. The van der Waals surface area contributed by atoms with E-state index >= 15 is 0 Å². The molecule has 1 fully saturated rings. The summed E-state index contributed by atoms with van der Waals surface area (Å²) in [6, 6.07) is 6.86. The molecule has 2 rings (SSSR count). The smallest absolute Gasteiger partial charge is 0.238 e. The largest absolute Gasteiger partial charge is 0.372 e. The zero-order valence-electron chi connectivity index (χ0n) is 12.8. The molecule has 0 spiro atoms. The van der Waals surface area contributed by atoms with Gasteiger partial charge in [0.25, 0.3) is 0 Å². The van der Waals surface area contributed by atoms with Gasteiger partial charge in [-0.1, -0.05) is 6.92 Å². The third-order valence-corrected chi connectivity index (χ3v) is 5.18. The first-order valence-corrected chi connectivity index (χ1v) is 9.01. The Hall–Kier alpha value is -1.11. The highest BCUT2D eigenvalue weighted by Gasteiger charge is 2.20. The van der Waals surface area contributed by atoms with Gasteiger partial charge in [0.1, 0.15) is 0 Å². The Labute approximate surface area is 127 Å². The van der Waals surface area contributed by atoms with E-state index in [2.05, 4.69) is 23.8 Å². The second kappa shape index (κ2) is 6.77. The van der Waals surface area contributed by atoms with Gasteiger partial charge in [-0.15, -0.1) is 0 Å². The van der Waals surface area contributed by atoms with Crippen molar-refractivity contribution in [2.24, 2.45) is 11.1 Å². The Balaban J connectivity index is 1.93. The lowest BCUT2D eigenvalue weighted by Gasteiger charge is -2.35. The number of hydrogen-bond donors (Lipinski definition) is 1. The van der Waals surface area contributed by atoms with E-state index in [1.165, 1.54) is 12.8 Å². The number of anilines is 1. The molecule has 1 heterocycles. The zero-order valence-corrected chi connectivity index (χ0v) is 13.6. The minimum Gasteiger partial charge on any atom is -0.372 e. The van der Waals surface area contributed by atoms with Crippen molar-refractivity contribution in [2.75, 3.05) is 38.1 Å². The highest BCUT2D eigenvalue weighted by Crippen LogP contribution is 2.24. The molecule has 1 aliphatic heterocycles. The highest BCUT2D eigenvalue weighted by atomic mass is 32.2. The number of primary sulfonamides is 1. The number of sulfonamides is 1. The molecule has 118 valence electrons. The first-order valence-electron chi connectivity index (χ1n) is 7.46. The second-order valence-corrected chi connectivity index (χ2v) is 7.39. The van der Waals surface area contributed by atoms with Crippen molar-refractivity contribution in [3.8, 4) is 0 Å². The van der Waals surface area contributed by atoms with E-state index in [4.69, 9.17) is 5.14 Å². The third-order valence-electron chi connectivity index (χ3n) is 4.25. The zero-order chi connectivity index (χ0) is 15.5.